The normalized spacial score (nSPS) is 18.6. The first-order valence-electron chi connectivity index (χ1n) is 5.05. The summed E-state index contributed by atoms with van der Waals surface area (Å²) in [6, 6.07) is 5.91. The van der Waals surface area contributed by atoms with Gasteiger partial charge in [0.15, 0.2) is 0 Å². The predicted molar refractivity (Wildman–Crippen MR) is 84.0 cm³/mol. The Kier molecular flexibility index (Phi) is 6.05. The second kappa shape index (κ2) is 6.82. The van der Waals surface area contributed by atoms with Gasteiger partial charge in [0.05, 0.1) is 6.04 Å². The van der Waals surface area contributed by atoms with Crippen LogP contribution >= 0.6 is 46.8 Å². The summed E-state index contributed by atoms with van der Waals surface area (Å²) >= 11 is 4.03. The number of halogens is 2. The van der Waals surface area contributed by atoms with Gasteiger partial charge in [-0.2, -0.15) is 0 Å². The summed E-state index contributed by atoms with van der Waals surface area (Å²) in [5.41, 5.74) is 2.10. The molecule has 1 fully saturated rings. The van der Waals surface area contributed by atoms with E-state index >= 15 is 0 Å². The van der Waals surface area contributed by atoms with Crippen molar-refractivity contribution < 1.29 is 4.79 Å². The van der Waals surface area contributed by atoms with Crippen molar-refractivity contribution in [3.63, 3.8) is 0 Å². The van der Waals surface area contributed by atoms with Crippen LogP contribution < -0.4 is 10.6 Å². The molecule has 0 radical (unpaired) electrons. The summed E-state index contributed by atoms with van der Waals surface area (Å²) in [7, 11) is 0. The largest absolute Gasteiger partial charge is 0.325 e. The van der Waals surface area contributed by atoms with Crippen LogP contribution in [-0.4, -0.2) is 23.6 Å². The minimum Gasteiger partial charge on any atom is -0.325 e. The van der Waals surface area contributed by atoms with Gasteiger partial charge in [0, 0.05) is 20.9 Å². The quantitative estimate of drug-likeness (QED) is 0.770. The van der Waals surface area contributed by atoms with Crippen molar-refractivity contribution in [1.82, 2.24) is 5.32 Å². The van der Waals surface area contributed by atoms with Crippen LogP contribution in [0, 0.1) is 10.5 Å². The molecule has 1 atom stereocenters. The number of carbonyl (C=O) groups is 1. The number of thioether (sulfide) groups is 1. The van der Waals surface area contributed by atoms with E-state index in [-0.39, 0.29) is 24.4 Å². The van der Waals surface area contributed by atoms with Gasteiger partial charge in [-0.05, 0) is 47.2 Å². The molecule has 0 saturated carbocycles. The highest BCUT2D eigenvalue weighted by Crippen LogP contribution is 2.18. The average Bonchev–Trinajstić information content (AvgIpc) is 2.77. The molecule has 17 heavy (non-hydrogen) atoms. The molecule has 0 aromatic heterocycles. The lowest BCUT2D eigenvalue weighted by atomic mass is 10.2. The zero-order valence-corrected chi connectivity index (χ0v) is 13.1. The smallest absolute Gasteiger partial charge is 0.242 e. The molecule has 94 valence electrons. The lowest BCUT2D eigenvalue weighted by Crippen LogP contribution is -2.37. The molecule has 0 bridgehead atoms. The van der Waals surface area contributed by atoms with Gasteiger partial charge in [0.2, 0.25) is 5.91 Å². The summed E-state index contributed by atoms with van der Waals surface area (Å²) in [5, 5.41) is 6.08. The summed E-state index contributed by atoms with van der Waals surface area (Å²) in [6.07, 6.45) is 0. The van der Waals surface area contributed by atoms with Gasteiger partial charge in [0.25, 0.3) is 0 Å². The van der Waals surface area contributed by atoms with Crippen LogP contribution in [0.15, 0.2) is 18.2 Å². The molecule has 1 amide bonds. The molecule has 3 nitrogen and oxygen atoms in total. The minimum atomic E-state index is -0.0519. The Hall–Kier alpha value is 0.0200. The standard InChI is InChI=1S/C11H13IN2OS.ClH/c1-7-2-3-8(4-9(7)12)14-11(15)10-5-16-6-13-10;/h2-4,10,13H,5-6H2,1H3,(H,14,15);1H/t10-;/m1./s1. The number of amides is 1. The van der Waals surface area contributed by atoms with Crippen LogP contribution in [0.2, 0.25) is 0 Å². The zero-order chi connectivity index (χ0) is 11.5. The number of nitrogens with one attached hydrogen (secondary N) is 2. The van der Waals surface area contributed by atoms with Crippen molar-refractivity contribution in [2.24, 2.45) is 0 Å². The summed E-state index contributed by atoms with van der Waals surface area (Å²) in [4.78, 5) is 11.8. The maximum Gasteiger partial charge on any atom is 0.242 e. The molecule has 1 aromatic carbocycles. The third-order valence-corrected chi connectivity index (χ3v) is 4.57. The zero-order valence-electron chi connectivity index (χ0n) is 9.33. The first kappa shape index (κ1) is 15.1. The fourth-order valence-corrected chi connectivity index (χ4v) is 2.92. The van der Waals surface area contributed by atoms with Crippen LogP contribution in [0.1, 0.15) is 5.56 Å². The van der Waals surface area contributed by atoms with E-state index in [9.17, 15) is 4.79 Å². The van der Waals surface area contributed by atoms with Crippen molar-refractivity contribution in [3.05, 3.63) is 27.3 Å². The third-order valence-electron chi connectivity index (χ3n) is 2.47. The Bertz CT molecular complexity index is 410. The molecule has 1 aliphatic rings. The topological polar surface area (TPSA) is 41.1 Å². The van der Waals surface area contributed by atoms with E-state index in [2.05, 4.69) is 40.1 Å². The molecule has 1 saturated heterocycles. The lowest BCUT2D eigenvalue weighted by molar-refractivity contribution is -0.117. The minimum absolute atomic E-state index is 0. The van der Waals surface area contributed by atoms with Crippen molar-refractivity contribution >= 4 is 58.4 Å². The highest BCUT2D eigenvalue weighted by Gasteiger charge is 2.22. The summed E-state index contributed by atoms with van der Waals surface area (Å²) < 4.78 is 1.17. The maximum absolute atomic E-state index is 11.8. The highest BCUT2D eigenvalue weighted by molar-refractivity contribution is 14.1. The first-order valence-corrected chi connectivity index (χ1v) is 7.28. The second-order valence-electron chi connectivity index (χ2n) is 3.73. The first-order chi connectivity index (χ1) is 7.66. The lowest BCUT2D eigenvalue weighted by Gasteiger charge is -2.11. The van der Waals surface area contributed by atoms with E-state index < -0.39 is 0 Å². The highest BCUT2D eigenvalue weighted by atomic mass is 127. The van der Waals surface area contributed by atoms with E-state index in [1.54, 1.807) is 11.8 Å². The van der Waals surface area contributed by atoms with Gasteiger partial charge in [-0.1, -0.05) is 6.07 Å². The van der Waals surface area contributed by atoms with E-state index in [0.29, 0.717) is 0 Å². The van der Waals surface area contributed by atoms with Crippen molar-refractivity contribution in [3.8, 4) is 0 Å². The van der Waals surface area contributed by atoms with E-state index in [0.717, 1.165) is 17.3 Å². The Morgan fingerprint density at radius 2 is 2.35 bits per heavy atom. The maximum atomic E-state index is 11.8. The van der Waals surface area contributed by atoms with Crippen molar-refractivity contribution in [2.75, 3.05) is 16.9 Å². The van der Waals surface area contributed by atoms with Crippen molar-refractivity contribution in [2.45, 2.75) is 13.0 Å². The Morgan fingerprint density at radius 1 is 1.59 bits per heavy atom. The SMILES string of the molecule is Cc1ccc(NC(=O)[C@H]2CSCN2)cc1I.Cl. The van der Waals surface area contributed by atoms with Crippen LogP contribution in [0.4, 0.5) is 5.69 Å². The van der Waals surface area contributed by atoms with Gasteiger partial charge in [-0.3, -0.25) is 10.1 Å². The molecular formula is C11H14ClIN2OS. The van der Waals surface area contributed by atoms with Gasteiger partial charge in [0.1, 0.15) is 0 Å². The molecule has 6 heteroatoms. The molecule has 2 rings (SSSR count). The van der Waals surface area contributed by atoms with Gasteiger partial charge in [-0.15, -0.1) is 24.2 Å². The molecule has 0 unspecified atom stereocenters. The van der Waals surface area contributed by atoms with Crippen molar-refractivity contribution in [1.29, 1.82) is 0 Å². The number of hydrogen-bond acceptors (Lipinski definition) is 3. The molecular weight excluding hydrogens is 371 g/mol. The van der Waals surface area contributed by atoms with Gasteiger partial charge < -0.3 is 5.32 Å². The number of hydrogen-bond donors (Lipinski definition) is 2. The average molecular weight is 385 g/mol. The number of aryl methyl sites for hydroxylation is 1. The molecule has 2 N–H and O–H groups in total. The van der Waals surface area contributed by atoms with Gasteiger partial charge >= 0.3 is 0 Å². The van der Waals surface area contributed by atoms with E-state index in [1.165, 1.54) is 9.13 Å². The summed E-state index contributed by atoms with van der Waals surface area (Å²) in [6.45, 7) is 2.06. The molecule has 1 aliphatic heterocycles. The Balaban J connectivity index is 0.00000144. The predicted octanol–water partition coefficient (Wildman–Crippen LogP) is 2.62. The monoisotopic (exact) mass is 384 g/mol. The fraction of sp³-hybridized carbons (Fsp3) is 0.364. The van der Waals surface area contributed by atoms with Crippen LogP contribution in [0.25, 0.3) is 0 Å². The van der Waals surface area contributed by atoms with Crippen LogP contribution in [-0.2, 0) is 4.79 Å². The second-order valence-corrected chi connectivity index (χ2v) is 5.92. The van der Waals surface area contributed by atoms with E-state index in [1.807, 2.05) is 18.2 Å². The molecule has 0 spiro atoms. The summed E-state index contributed by atoms with van der Waals surface area (Å²) in [5.74, 6) is 1.78. The molecule has 1 heterocycles. The third kappa shape index (κ3) is 4.01. The number of rotatable bonds is 2. The molecule has 1 aromatic rings. The number of carbonyl (C=O) groups excluding carboxylic acids is 1. The Labute approximate surface area is 125 Å². The van der Waals surface area contributed by atoms with Crippen LogP contribution in [0.5, 0.6) is 0 Å². The molecule has 0 aliphatic carbocycles. The van der Waals surface area contributed by atoms with Crippen LogP contribution in [0.3, 0.4) is 0 Å². The number of anilines is 1. The van der Waals surface area contributed by atoms with Gasteiger partial charge in [-0.25, -0.2) is 0 Å². The van der Waals surface area contributed by atoms with E-state index in [4.69, 9.17) is 0 Å². The fourth-order valence-electron chi connectivity index (χ4n) is 1.46. The number of benzene rings is 1. The Morgan fingerprint density at radius 3 is 2.94 bits per heavy atom.